The van der Waals surface area contributed by atoms with Crippen LogP contribution in [0.4, 0.5) is 5.82 Å². The molecule has 1 N–H and O–H groups in total. The first kappa shape index (κ1) is 14.0. The highest BCUT2D eigenvalue weighted by Crippen LogP contribution is 2.22. The van der Waals surface area contributed by atoms with Gasteiger partial charge in [0.15, 0.2) is 0 Å². The molecule has 6 heteroatoms. The number of nitrogens with zero attached hydrogens (tertiary/aromatic N) is 1. The van der Waals surface area contributed by atoms with E-state index < -0.39 is 10.0 Å². The van der Waals surface area contributed by atoms with Gasteiger partial charge < -0.3 is 0 Å². The van der Waals surface area contributed by atoms with Crippen molar-refractivity contribution >= 4 is 31.8 Å². The summed E-state index contributed by atoms with van der Waals surface area (Å²) in [6.45, 7) is 3.63. The van der Waals surface area contributed by atoms with Crippen molar-refractivity contribution in [3.63, 3.8) is 0 Å². The van der Waals surface area contributed by atoms with E-state index in [0.29, 0.717) is 11.4 Å². The number of anilines is 1. The van der Waals surface area contributed by atoms with Gasteiger partial charge in [0.05, 0.1) is 4.90 Å². The number of rotatable bonds is 3. The molecule has 100 valence electrons. The summed E-state index contributed by atoms with van der Waals surface area (Å²) in [6, 6.07) is 8.63. The highest BCUT2D eigenvalue weighted by Gasteiger charge is 2.17. The Morgan fingerprint density at radius 1 is 1.16 bits per heavy atom. The molecule has 19 heavy (non-hydrogen) atoms. The van der Waals surface area contributed by atoms with Crippen LogP contribution in [-0.2, 0) is 10.0 Å². The number of benzene rings is 1. The molecule has 0 saturated carbocycles. The molecule has 0 spiro atoms. The van der Waals surface area contributed by atoms with E-state index in [9.17, 15) is 8.42 Å². The maximum Gasteiger partial charge on any atom is 0.263 e. The number of pyridine rings is 1. The lowest BCUT2D eigenvalue weighted by atomic mass is 10.2. The Bertz CT molecular complexity index is 714. The molecule has 0 aliphatic rings. The van der Waals surface area contributed by atoms with Gasteiger partial charge in [-0.1, -0.05) is 22.0 Å². The average molecular weight is 341 g/mol. The number of sulfonamides is 1. The maximum absolute atomic E-state index is 12.3. The molecule has 1 aromatic carbocycles. The first-order chi connectivity index (χ1) is 8.88. The van der Waals surface area contributed by atoms with Crippen LogP contribution in [0.5, 0.6) is 0 Å². The lowest BCUT2D eigenvalue weighted by Gasteiger charge is -2.10. The predicted molar refractivity (Wildman–Crippen MR) is 78.7 cm³/mol. The van der Waals surface area contributed by atoms with Crippen molar-refractivity contribution in [1.29, 1.82) is 0 Å². The van der Waals surface area contributed by atoms with E-state index in [1.165, 1.54) is 0 Å². The first-order valence-electron chi connectivity index (χ1n) is 5.60. The molecule has 0 fully saturated rings. The minimum atomic E-state index is -3.63. The monoisotopic (exact) mass is 340 g/mol. The van der Waals surface area contributed by atoms with Crippen LogP contribution in [0.3, 0.4) is 0 Å². The lowest BCUT2D eigenvalue weighted by molar-refractivity contribution is 0.600. The van der Waals surface area contributed by atoms with Gasteiger partial charge in [-0.2, -0.15) is 0 Å². The van der Waals surface area contributed by atoms with Gasteiger partial charge >= 0.3 is 0 Å². The van der Waals surface area contributed by atoms with Gasteiger partial charge in [-0.15, -0.1) is 0 Å². The molecule has 0 radical (unpaired) electrons. The van der Waals surface area contributed by atoms with Crippen LogP contribution in [0, 0.1) is 13.8 Å². The van der Waals surface area contributed by atoms with E-state index in [4.69, 9.17) is 0 Å². The highest BCUT2D eigenvalue weighted by molar-refractivity contribution is 9.10. The SMILES string of the molecule is Cc1ccnc(NS(=O)(=O)c2cc(Br)ccc2C)c1. The number of aromatic nitrogens is 1. The molecule has 0 bridgehead atoms. The molecule has 4 nitrogen and oxygen atoms in total. The second kappa shape index (κ2) is 5.30. The van der Waals surface area contributed by atoms with Crippen LogP contribution >= 0.6 is 15.9 Å². The Hall–Kier alpha value is -1.40. The van der Waals surface area contributed by atoms with Crippen LogP contribution in [0.1, 0.15) is 11.1 Å². The number of aryl methyl sites for hydroxylation is 2. The van der Waals surface area contributed by atoms with Gasteiger partial charge in [-0.05, 0) is 49.2 Å². The molecule has 0 saturated heterocycles. The minimum Gasteiger partial charge on any atom is -0.263 e. The van der Waals surface area contributed by atoms with Gasteiger partial charge in [-0.3, -0.25) is 4.72 Å². The van der Waals surface area contributed by atoms with Crippen molar-refractivity contribution in [2.24, 2.45) is 0 Å². The Balaban J connectivity index is 2.40. The normalized spacial score (nSPS) is 11.3. The second-order valence-corrected chi connectivity index (χ2v) is 6.80. The van der Waals surface area contributed by atoms with Crippen LogP contribution in [-0.4, -0.2) is 13.4 Å². The van der Waals surface area contributed by atoms with Crippen molar-refractivity contribution in [2.45, 2.75) is 18.7 Å². The topological polar surface area (TPSA) is 59.1 Å². The van der Waals surface area contributed by atoms with Gasteiger partial charge in [0.2, 0.25) is 0 Å². The van der Waals surface area contributed by atoms with E-state index in [0.717, 1.165) is 10.0 Å². The van der Waals surface area contributed by atoms with Crippen LogP contribution in [0.25, 0.3) is 0 Å². The van der Waals surface area contributed by atoms with Crippen LogP contribution in [0.2, 0.25) is 0 Å². The summed E-state index contributed by atoms with van der Waals surface area (Å²) in [5.41, 5.74) is 1.63. The van der Waals surface area contributed by atoms with E-state index in [2.05, 4.69) is 25.6 Å². The minimum absolute atomic E-state index is 0.241. The predicted octanol–water partition coefficient (Wildman–Crippen LogP) is 3.26. The molecule has 0 aliphatic heterocycles. The Labute approximate surface area is 121 Å². The van der Waals surface area contributed by atoms with Gasteiger partial charge in [0.25, 0.3) is 10.0 Å². The largest absolute Gasteiger partial charge is 0.263 e. The zero-order chi connectivity index (χ0) is 14.0. The van der Waals surface area contributed by atoms with Crippen molar-refractivity contribution in [3.8, 4) is 0 Å². The molecule has 0 amide bonds. The Kier molecular flexibility index (Phi) is 3.91. The average Bonchev–Trinajstić information content (AvgIpc) is 2.31. The van der Waals surface area contributed by atoms with Crippen LogP contribution in [0.15, 0.2) is 45.9 Å². The van der Waals surface area contributed by atoms with Gasteiger partial charge in [-0.25, -0.2) is 13.4 Å². The molecule has 0 unspecified atom stereocenters. The zero-order valence-electron chi connectivity index (χ0n) is 10.5. The van der Waals surface area contributed by atoms with Gasteiger partial charge in [0, 0.05) is 10.7 Å². The van der Waals surface area contributed by atoms with E-state index in [1.807, 2.05) is 13.0 Å². The highest BCUT2D eigenvalue weighted by atomic mass is 79.9. The molecule has 2 aromatic rings. The van der Waals surface area contributed by atoms with Crippen molar-refractivity contribution in [2.75, 3.05) is 4.72 Å². The van der Waals surface area contributed by atoms with E-state index >= 15 is 0 Å². The lowest BCUT2D eigenvalue weighted by Crippen LogP contribution is -2.15. The first-order valence-corrected chi connectivity index (χ1v) is 7.88. The summed E-state index contributed by atoms with van der Waals surface area (Å²) in [5.74, 6) is 0.319. The summed E-state index contributed by atoms with van der Waals surface area (Å²) in [4.78, 5) is 4.24. The number of halogens is 1. The van der Waals surface area contributed by atoms with Crippen molar-refractivity contribution in [1.82, 2.24) is 4.98 Å². The van der Waals surface area contributed by atoms with Crippen LogP contribution < -0.4 is 4.72 Å². The molecule has 0 atom stereocenters. The fraction of sp³-hybridized carbons (Fsp3) is 0.154. The summed E-state index contributed by atoms with van der Waals surface area (Å²) in [7, 11) is -3.63. The summed E-state index contributed by atoms with van der Waals surface area (Å²) < 4.78 is 27.8. The summed E-state index contributed by atoms with van der Waals surface area (Å²) in [6.07, 6.45) is 1.57. The van der Waals surface area contributed by atoms with Gasteiger partial charge in [0.1, 0.15) is 5.82 Å². The Morgan fingerprint density at radius 3 is 2.58 bits per heavy atom. The smallest absolute Gasteiger partial charge is 0.263 e. The molecular formula is C13H13BrN2O2S. The second-order valence-electron chi connectivity index (χ2n) is 4.23. The van der Waals surface area contributed by atoms with E-state index in [1.54, 1.807) is 37.4 Å². The fourth-order valence-corrected chi connectivity index (χ4v) is 3.43. The molecule has 1 aromatic heterocycles. The number of hydrogen-bond acceptors (Lipinski definition) is 3. The maximum atomic E-state index is 12.3. The fourth-order valence-electron chi connectivity index (χ4n) is 1.65. The Morgan fingerprint density at radius 2 is 1.89 bits per heavy atom. The standard InChI is InChI=1S/C13H13BrN2O2S/c1-9-5-6-15-13(7-9)16-19(17,18)12-8-11(14)4-3-10(12)2/h3-8H,1-2H3,(H,15,16). The molecule has 0 aliphatic carbocycles. The molecule has 1 heterocycles. The van der Waals surface area contributed by atoms with E-state index in [-0.39, 0.29) is 4.90 Å². The summed E-state index contributed by atoms with van der Waals surface area (Å²) >= 11 is 3.28. The third-order valence-corrected chi connectivity index (χ3v) is 4.58. The molecule has 2 rings (SSSR count). The third-order valence-electron chi connectivity index (χ3n) is 2.59. The van der Waals surface area contributed by atoms with Crippen molar-refractivity contribution < 1.29 is 8.42 Å². The zero-order valence-corrected chi connectivity index (χ0v) is 12.9. The van der Waals surface area contributed by atoms with Crippen molar-refractivity contribution in [3.05, 3.63) is 52.1 Å². The summed E-state index contributed by atoms with van der Waals surface area (Å²) in [5, 5.41) is 0. The molecular weight excluding hydrogens is 328 g/mol. The quantitative estimate of drug-likeness (QED) is 0.932. The number of nitrogens with one attached hydrogen (secondary N) is 1. The third kappa shape index (κ3) is 3.33. The number of hydrogen-bond donors (Lipinski definition) is 1.